The van der Waals surface area contributed by atoms with Gasteiger partial charge in [-0.15, -0.1) is 0 Å². The minimum Gasteiger partial charge on any atom is -0.508 e. The van der Waals surface area contributed by atoms with Crippen LogP contribution in [0, 0.1) is 0 Å². The van der Waals surface area contributed by atoms with Crippen molar-refractivity contribution in [3.63, 3.8) is 0 Å². The van der Waals surface area contributed by atoms with E-state index in [0.29, 0.717) is 12.2 Å². The third-order valence-electron chi connectivity index (χ3n) is 3.81. The second kappa shape index (κ2) is 9.86. The third kappa shape index (κ3) is 6.07. The lowest BCUT2D eigenvalue weighted by molar-refractivity contribution is -0.115. The van der Waals surface area contributed by atoms with E-state index in [1.165, 1.54) is 42.5 Å². The molecule has 0 radical (unpaired) electrons. The van der Waals surface area contributed by atoms with E-state index < -0.39 is 28.4 Å². The number of nitrogens with one attached hydrogen (secondary N) is 3. The fraction of sp³-hybridized carbons (Fsp3) is 0.263. The number of phenols is 1. The lowest BCUT2D eigenvalue weighted by atomic mass is 10.2. The number of hydrogen-bond acceptors (Lipinski definition) is 5. The summed E-state index contributed by atoms with van der Waals surface area (Å²) in [7, 11) is -4.07. The smallest absolute Gasteiger partial charge is 0.252 e. The molecule has 0 saturated heterocycles. The van der Waals surface area contributed by atoms with E-state index in [1.807, 2.05) is 6.92 Å². The number of rotatable bonds is 9. The lowest BCUT2D eigenvalue weighted by Gasteiger charge is -2.12. The predicted molar refractivity (Wildman–Crippen MR) is 106 cm³/mol. The number of carbonyl (C=O) groups is 2. The highest BCUT2D eigenvalue weighted by Gasteiger charge is 2.22. The fourth-order valence-electron chi connectivity index (χ4n) is 2.35. The maximum Gasteiger partial charge on any atom is 0.252 e. The molecule has 0 bridgehead atoms. The molecule has 4 N–H and O–H groups in total. The van der Waals surface area contributed by atoms with Gasteiger partial charge >= 0.3 is 0 Å². The van der Waals surface area contributed by atoms with Gasteiger partial charge in [0.15, 0.2) is 0 Å². The number of aromatic hydroxyl groups is 1. The monoisotopic (exact) mass is 405 g/mol. The van der Waals surface area contributed by atoms with Crippen molar-refractivity contribution in [3.8, 4) is 5.75 Å². The number of carbonyl (C=O) groups excluding carboxylic acids is 2. The standard InChI is InChI=1S/C19H23N3O5S/c1-2-3-12-20-19(25)16-6-4-5-7-17(16)28(26,27)21-13-18(24)22-14-8-10-15(23)11-9-14/h4-11,21,23H,2-3,12-13H2,1H3,(H,20,25)(H,22,24). The van der Waals surface area contributed by atoms with Crippen molar-refractivity contribution >= 4 is 27.5 Å². The normalized spacial score (nSPS) is 11.0. The number of hydrogen-bond donors (Lipinski definition) is 4. The molecule has 2 rings (SSSR count). The van der Waals surface area contributed by atoms with E-state index in [9.17, 15) is 23.1 Å². The molecule has 2 amide bonds. The van der Waals surface area contributed by atoms with E-state index >= 15 is 0 Å². The van der Waals surface area contributed by atoms with Crippen molar-refractivity contribution in [2.45, 2.75) is 24.7 Å². The molecule has 0 unspecified atom stereocenters. The molecule has 0 spiro atoms. The maximum absolute atomic E-state index is 12.6. The van der Waals surface area contributed by atoms with Crippen LogP contribution in [0.25, 0.3) is 0 Å². The summed E-state index contributed by atoms with van der Waals surface area (Å²) in [6.45, 7) is 1.93. The van der Waals surface area contributed by atoms with Crippen LogP contribution in [0.15, 0.2) is 53.4 Å². The van der Waals surface area contributed by atoms with Gasteiger partial charge in [-0.3, -0.25) is 9.59 Å². The van der Waals surface area contributed by atoms with Crippen LogP contribution < -0.4 is 15.4 Å². The molecule has 2 aromatic carbocycles. The Balaban J connectivity index is 2.05. The van der Waals surface area contributed by atoms with Gasteiger partial charge in [-0.1, -0.05) is 25.5 Å². The van der Waals surface area contributed by atoms with Gasteiger partial charge in [0.1, 0.15) is 5.75 Å². The summed E-state index contributed by atoms with van der Waals surface area (Å²) in [5.74, 6) is -1.02. The third-order valence-corrected chi connectivity index (χ3v) is 5.27. The second-order valence-electron chi connectivity index (χ2n) is 6.03. The van der Waals surface area contributed by atoms with Crippen LogP contribution in [0.4, 0.5) is 5.69 Å². The Morgan fingerprint density at radius 3 is 2.39 bits per heavy atom. The van der Waals surface area contributed by atoms with E-state index in [1.54, 1.807) is 6.07 Å². The highest BCUT2D eigenvalue weighted by Crippen LogP contribution is 2.16. The van der Waals surface area contributed by atoms with Gasteiger partial charge in [-0.2, -0.15) is 0 Å². The molecule has 0 fully saturated rings. The molecule has 8 nitrogen and oxygen atoms in total. The lowest BCUT2D eigenvalue weighted by Crippen LogP contribution is -2.34. The average Bonchev–Trinajstić information content (AvgIpc) is 2.68. The number of sulfonamides is 1. The molecule has 0 aliphatic carbocycles. The van der Waals surface area contributed by atoms with E-state index in [2.05, 4.69) is 15.4 Å². The van der Waals surface area contributed by atoms with Crippen LogP contribution in [-0.4, -0.2) is 38.4 Å². The molecule has 0 atom stereocenters. The van der Waals surface area contributed by atoms with E-state index in [4.69, 9.17) is 0 Å². The van der Waals surface area contributed by atoms with Crippen LogP contribution in [-0.2, 0) is 14.8 Å². The Labute approximate surface area is 164 Å². The summed E-state index contributed by atoms with van der Waals surface area (Å²) < 4.78 is 27.4. The molecular formula is C19H23N3O5S. The second-order valence-corrected chi connectivity index (χ2v) is 7.76. The molecule has 0 heterocycles. The van der Waals surface area contributed by atoms with Crippen LogP contribution in [0.1, 0.15) is 30.1 Å². The Morgan fingerprint density at radius 1 is 1.04 bits per heavy atom. The van der Waals surface area contributed by atoms with E-state index in [0.717, 1.165) is 12.8 Å². The summed E-state index contributed by atoms with van der Waals surface area (Å²) in [6, 6.07) is 11.6. The average molecular weight is 405 g/mol. The molecule has 150 valence electrons. The minimum atomic E-state index is -4.07. The highest BCUT2D eigenvalue weighted by molar-refractivity contribution is 7.89. The zero-order chi connectivity index (χ0) is 20.6. The van der Waals surface area contributed by atoms with Crippen molar-refractivity contribution in [1.29, 1.82) is 0 Å². The number of amides is 2. The maximum atomic E-state index is 12.6. The quantitative estimate of drug-likeness (QED) is 0.374. The molecule has 9 heteroatoms. The summed E-state index contributed by atoms with van der Waals surface area (Å²) in [5, 5.41) is 14.4. The van der Waals surface area contributed by atoms with Gasteiger partial charge in [-0.05, 0) is 42.8 Å². The highest BCUT2D eigenvalue weighted by atomic mass is 32.2. The molecule has 0 aliphatic heterocycles. The molecular weight excluding hydrogens is 382 g/mol. The minimum absolute atomic E-state index is 0.0186. The van der Waals surface area contributed by atoms with Crippen LogP contribution in [0.5, 0.6) is 5.75 Å². The summed E-state index contributed by atoms with van der Waals surface area (Å²) in [6.07, 6.45) is 1.69. The first-order chi connectivity index (χ1) is 13.3. The summed E-state index contributed by atoms with van der Waals surface area (Å²) >= 11 is 0. The zero-order valence-corrected chi connectivity index (χ0v) is 16.3. The predicted octanol–water partition coefficient (Wildman–Crippen LogP) is 1.84. The van der Waals surface area contributed by atoms with Crippen LogP contribution in [0.3, 0.4) is 0 Å². The van der Waals surface area contributed by atoms with Crippen LogP contribution in [0.2, 0.25) is 0 Å². The van der Waals surface area contributed by atoms with Gasteiger partial charge in [0.05, 0.1) is 17.0 Å². The number of phenolic OH excluding ortho intramolecular Hbond substituents is 1. The van der Waals surface area contributed by atoms with Gasteiger partial charge in [-0.25, -0.2) is 13.1 Å². The van der Waals surface area contributed by atoms with Gasteiger partial charge in [0.25, 0.3) is 5.91 Å². The number of unbranched alkanes of at least 4 members (excludes halogenated alkanes) is 1. The molecule has 0 aromatic heterocycles. The Hall–Kier alpha value is -2.91. The van der Waals surface area contributed by atoms with Crippen molar-refractivity contribution < 1.29 is 23.1 Å². The first-order valence-electron chi connectivity index (χ1n) is 8.79. The van der Waals surface area contributed by atoms with Crippen molar-refractivity contribution in [2.24, 2.45) is 0 Å². The number of anilines is 1. The largest absolute Gasteiger partial charge is 0.508 e. The summed E-state index contributed by atoms with van der Waals surface area (Å²) in [5.41, 5.74) is 0.433. The Bertz CT molecular complexity index is 927. The first kappa shape index (κ1) is 21.4. The molecule has 0 aliphatic rings. The van der Waals surface area contributed by atoms with E-state index in [-0.39, 0.29) is 16.2 Å². The van der Waals surface area contributed by atoms with Gasteiger partial charge in [0, 0.05) is 12.2 Å². The Kier molecular flexibility index (Phi) is 7.53. The van der Waals surface area contributed by atoms with Gasteiger partial charge in [0.2, 0.25) is 15.9 Å². The Morgan fingerprint density at radius 2 is 1.71 bits per heavy atom. The SMILES string of the molecule is CCCCNC(=O)c1ccccc1S(=O)(=O)NCC(=O)Nc1ccc(O)cc1. The fourth-order valence-corrected chi connectivity index (χ4v) is 3.54. The van der Waals surface area contributed by atoms with Crippen molar-refractivity contribution in [1.82, 2.24) is 10.0 Å². The van der Waals surface area contributed by atoms with Gasteiger partial charge < -0.3 is 15.7 Å². The summed E-state index contributed by atoms with van der Waals surface area (Å²) in [4.78, 5) is 24.1. The zero-order valence-electron chi connectivity index (χ0n) is 15.4. The molecule has 2 aromatic rings. The topological polar surface area (TPSA) is 125 Å². The van der Waals surface area contributed by atoms with Crippen molar-refractivity contribution in [2.75, 3.05) is 18.4 Å². The first-order valence-corrected chi connectivity index (χ1v) is 10.3. The molecule has 0 saturated carbocycles. The number of benzene rings is 2. The van der Waals surface area contributed by atoms with Crippen molar-refractivity contribution in [3.05, 3.63) is 54.1 Å². The van der Waals surface area contributed by atoms with Crippen LogP contribution >= 0.6 is 0 Å². The molecule has 28 heavy (non-hydrogen) atoms.